The first-order chi connectivity index (χ1) is 8.76. The van der Waals surface area contributed by atoms with E-state index in [2.05, 4.69) is 23.9 Å². The molecule has 0 spiro atoms. The molecule has 18 heavy (non-hydrogen) atoms. The Hall–Kier alpha value is -1.09. The van der Waals surface area contributed by atoms with Crippen molar-refractivity contribution in [2.75, 3.05) is 11.9 Å². The highest BCUT2D eigenvalue weighted by Crippen LogP contribution is 2.31. The van der Waals surface area contributed by atoms with Crippen molar-refractivity contribution in [1.29, 1.82) is 0 Å². The van der Waals surface area contributed by atoms with Gasteiger partial charge in [-0.25, -0.2) is 0 Å². The van der Waals surface area contributed by atoms with E-state index < -0.39 is 0 Å². The van der Waals surface area contributed by atoms with Gasteiger partial charge in [-0.05, 0) is 43.2 Å². The number of pyridine rings is 1. The fraction of sp³-hybridized carbons (Fsp3) is 0.667. The quantitative estimate of drug-likeness (QED) is 0.889. The molecule has 0 radical (unpaired) electrons. The van der Waals surface area contributed by atoms with Gasteiger partial charge in [0.2, 0.25) is 0 Å². The second-order valence-corrected chi connectivity index (χ2v) is 5.40. The summed E-state index contributed by atoms with van der Waals surface area (Å²) in [5.74, 6) is 0.942. The Balaban J connectivity index is 2.05. The molecule has 1 aromatic heterocycles. The molecule has 1 saturated carbocycles. The number of hydrogen-bond acceptors (Lipinski definition) is 3. The number of rotatable bonds is 4. The molecule has 2 rings (SSSR count). The Bertz CT molecular complexity index is 370. The molecule has 0 atom stereocenters. The average molecular weight is 247 g/mol. The lowest BCUT2D eigenvalue weighted by molar-refractivity contribution is 0.313. The molecule has 0 bridgehead atoms. The minimum Gasteiger partial charge on any atom is -0.370 e. The van der Waals surface area contributed by atoms with Crippen LogP contribution in [-0.4, -0.2) is 18.1 Å². The topological polar surface area (TPSA) is 42.2 Å². The maximum Gasteiger partial charge on any atom is 0.0598 e. The molecule has 1 fully saturated rings. The molecule has 0 saturated heterocycles. The predicted octanol–water partition coefficient (Wildman–Crippen LogP) is 2.95. The third kappa shape index (κ3) is 2.83. The van der Waals surface area contributed by atoms with E-state index in [1.807, 2.05) is 18.5 Å². The molecule has 0 amide bonds. The summed E-state index contributed by atoms with van der Waals surface area (Å²) in [4.78, 5) is 6.63. The van der Waals surface area contributed by atoms with Gasteiger partial charge in [-0.3, -0.25) is 4.98 Å². The molecule has 3 nitrogen and oxygen atoms in total. The zero-order valence-corrected chi connectivity index (χ0v) is 11.6. The van der Waals surface area contributed by atoms with E-state index in [0.717, 1.165) is 5.92 Å². The van der Waals surface area contributed by atoms with Crippen LogP contribution < -0.4 is 10.6 Å². The van der Waals surface area contributed by atoms with E-state index in [-0.39, 0.29) is 0 Å². The van der Waals surface area contributed by atoms with Crippen LogP contribution in [0.1, 0.15) is 44.6 Å². The molecule has 0 unspecified atom stereocenters. The highest BCUT2D eigenvalue weighted by molar-refractivity contribution is 5.51. The Morgan fingerprint density at radius 1 is 1.33 bits per heavy atom. The van der Waals surface area contributed by atoms with Crippen molar-refractivity contribution in [2.24, 2.45) is 11.7 Å². The van der Waals surface area contributed by atoms with Gasteiger partial charge in [-0.1, -0.05) is 13.3 Å². The van der Waals surface area contributed by atoms with Crippen LogP contribution in [0.3, 0.4) is 0 Å². The first kappa shape index (κ1) is 13.3. The molecule has 0 aliphatic heterocycles. The summed E-state index contributed by atoms with van der Waals surface area (Å²) in [6.45, 7) is 2.90. The first-order valence-electron chi connectivity index (χ1n) is 7.12. The Morgan fingerprint density at radius 3 is 2.67 bits per heavy atom. The van der Waals surface area contributed by atoms with Gasteiger partial charge in [-0.2, -0.15) is 0 Å². The second kappa shape index (κ2) is 6.19. The Kier molecular flexibility index (Phi) is 4.59. The summed E-state index contributed by atoms with van der Waals surface area (Å²) < 4.78 is 0. The lowest BCUT2D eigenvalue weighted by Crippen LogP contribution is -2.35. The lowest BCUT2D eigenvalue weighted by Gasteiger charge is -2.36. The van der Waals surface area contributed by atoms with E-state index in [0.29, 0.717) is 12.6 Å². The van der Waals surface area contributed by atoms with E-state index >= 15 is 0 Å². The van der Waals surface area contributed by atoms with Crippen LogP contribution in [0.25, 0.3) is 0 Å². The summed E-state index contributed by atoms with van der Waals surface area (Å²) in [5, 5.41) is 0. The number of aromatic nitrogens is 1. The van der Waals surface area contributed by atoms with Crippen molar-refractivity contribution in [3.05, 3.63) is 24.0 Å². The van der Waals surface area contributed by atoms with E-state index in [4.69, 9.17) is 5.73 Å². The molecule has 100 valence electrons. The van der Waals surface area contributed by atoms with E-state index in [1.54, 1.807) is 0 Å². The highest BCUT2D eigenvalue weighted by Gasteiger charge is 2.24. The van der Waals surface area contributed by atoms with Gasteiger partial charge in [0, 0.05) is 25.8 Å². The van der Waals surface area contributed by atoms with Crippen LogP contribution in [-0.2, 0) is 6.54 Å². The van der Waals surface area contributed by atoms with Crippen molar-refractivity contribution < 1.29 is 0 Å². The fourth-order valence-electron chi connectivity index (χ4n) is 3.04. The molecule has 1 aliphatic rings. The van der Waals surface area contributed by atoms with Gasteiger partial charge in [-0.15, -0.1) is 0 Å². The second-order valence-electron chi connectivity index (χ2n) is 5.40. The maximum absolute atomic E-state index is 5.81. The van der Waals surface area contributed by atoms with Crippen LogP contribution >= 0.6 is 0 Å². The monoisotopic (exact) mass is 247 g/mol. The number of anilines is 1. The molecular weight excluding hydrogens is 222 g/mol. The normalized spacial score (nSPS) is 23.9. The SMILES string of the molecule is CCC1CCC(N(C)c2cnccc2CN)CC1. The molecule has 1 aliphatic carbocycles. The Morgan fingerprint density at radius 2 is 2.06 bits per heavy atom. The van der Waals surface area contributed by atoms with Crippen molar-refractivity contribution in [2.45, 2.75) is 51.6 Å². The smallest absolute Gasteiger partial charge is 0.0598 e. The fourth-order valence-corrected chi connectivity index (χ4v) is 3.04. The number of nitrogens with two attached hydrogens (primary N) is 1. The van der Waals surface area contributed by atoms with Crippen LogP contribution in [0.4, 0.5) is 5.69 Å². The third-order valence-electron chi connectivity index (χ3n) is 4.43. The summed E-state index contributed by atoms with van der Waals surface area (Å²) in [6, 6.07) is 2.69. The summed E-state index contributed by atoms with van der Waals surface area (Å²) in [5.41, 5.74) is 8.21. The van der Waals surface area contributed by atoms with Crippen molar-refractivity contribution in [3.63, 3.8) is 0 Å². The van der Waals surface area contributed by atoms with Crippen LogP contribution in [0.2, 0.25) is 0 Å². The van der Waals surface area contributed by atoms with Crippen LogP contribution in [0.5, 0.6) is 0 Å². The van der Waals surface area contributed by atoms with Gasteiger partial charge in [0.05, 0.1) is 11.9 Å². The molecule has 3 heteroatoms. The zero-order chi connectivity index (χ0) is 13.0. The predicted molar refractivity (Wildman–Crippen MR) is 76.6 cm³/mol. The summed E-state index contributed by atoms with van der Waals surface area (Å²) in [7, 11) is 2.19. The van der Waals surface area contributed by atoms with Gasteiger partial charge < -0.3 is 10.6 Å². The average Bonchev–Trinajstić information content (AvgIpc) is 2.46. The minimum absolute atomic E-state index is 0.590. The van der Waals surface area contributed by atoms with Gasteiger partial charge in [0.15, 0.2) is 0 Å². The Labute approximate surface area is 110 Å². The minimum atomic E-state index is 0.590. The maximum atomic E-state index is 5.81. The third-order valence-corrected chi connectivity index (χ3v) is 4.43. The number of nitrogens with zero attached hydrogens (tertiary/aromatic N) is 2. The molecule has 1 aromatic rings. The first-order valence-corrected chi connectivity index (χ1v) is 7.12. The van der Waals surface area contributed by atoms with Gasteiger partial charge in [0.25, 0.3) is 0 Å². The summed E-state index contributed by atoms with van der Waals surface area (Å²) in [6.07, 6.45) is 10.4. The largest absolute Gasteiger partial charge is 0.370 e. The van der Waals surface area contributed by atoms with E-state index in [1.165, 1.54) is 43.4 Å². The van der Waals surface area contributed by atoms with Crippen LogP contribution in [0, 0.1) is 5.92 Å². The molecule has 0 aromatic carbocycles. The van der Waals surface area contributed by atoms with Crippen LogP contribution in [0.15, 0.2) is 18.5 Å². The number of hydrogen-bond donors (Lipinski definition) is 1. The van der Waals surface area contributed by atoms with Gasteiger partial charge in [0.1, 0.15) is 0 Å². The molecular formula is C15H25N3. The lowest BCUT2D eigenvalue weighted by atomic mass is 9.84. The standard InChI is InChI=1S/C15H25N3/c1-3-12-4-6-14(7-5-12)18(2)15-11-17-9-8-13(15)10-16/h8-9,11-12,14H,3-7,10,16H2,1-2H3. The van der Waals surface area contributed by atoms with Crippen molar-refractivity contribution in [1.82, 2.24) is 4.98 Å². The van der Waals surface area contributed by atoms with Crippen molar-refractivity contribution in [3.8, 4) is 0 Å². The van der Waals surface area contributed by atoms with Crippen molar-refractivity contribution >= 4 is 5.69 Å². The molecule has 2 N–H and O–H groups in total. The van der Waals surface area contributed by atoms with Gasteiger partial charge >= 0.3 is 0 Å². The summed E-state index contributed by atoms with van der Waals surface area (Å²) >= 11 is 0. The highest BCUT2D eigenvalue weighted by atomic mass is 15.1. The molecule has 1 heterocycles. The van der Waals surface area contributed by atoms with E-state index in [9.17, 15) is 0 Å². The zero-order valence-electron chi connectivity index (χ0n) is 11.6.